The fourth-order valence-corrected chi connectivity index (χ4v) is 4.12. The average Bonchev–Trinajstić information content (AvgIpc) is 2.55. The third-order valence-corrected chi connectivity index (χ3v) is 5.66. The number of hydrogen-bond donors (Lipinski definition) is 1. The van der Waals surface area contributed by atoms with Gasteiger partial charge in [-0.3, -0.25) is 19.2 Å². The van der Waals surface area contributed by atoms with Crippen molar-refractivity contribution in [3.63, 3.8) is 0 Å². The second-order valence-corrected chi connectivity index (χ2v) is 7.74. The van der Waals surface area contributed by atoms with Crippen LogP contribution in [0.4, 0.5) is 11.4 Å². The van der Waals surface area contributed by atoms with Gasteiger partial charge < -0.3 is 5.73 Å². The molecule has 0 aromatic heterocycles. The van der Waals surface area contributed by atoms with Crippen LogP contribution in [0.1, 0.15) is 6.42 Å². The van der Waals surface area contributed by atoms with E-state index in [2.05, 4.69) is 15.9 Å². The second-order valence-electron chi connectivity index (χ2n) is 5.00. The maximum absolute atomic E-state index is 13.0. The Kier molecular flexibility index (Phi) is 5.75. The van der Waals surface area contributed by atoms with Gasteiger partial charge in [0.25, 0.3) is 15.7 Å². The van der Waals surface area contributed by atoms with Crippen molar-refractivity contribution in [1.29, 1.82) is 0 Å². The van der Waals surface area contributed by atoms with Crippen LogP contribution in [-0.2, 0) is 14.8 Å². The maximum Gasteiger partial charge on any atom is 0.291 e. The first-order valence-electron chi connectivity index (χ1n) is 7.03. The van der Waals surface area contributed by atoms with E-state index < -0.39 is 31.4 Å². The quantitative estimate of drug-likeness (QED) is 0.536. The van der Waals surface area contributed by atoms with Crippen molar-refractivity contribution < 1.29 is 18.1 Å². The summed E-state index contributed by atoms with van der Waals surface area (Å²) in [6, 6.07) is 11.7. The summed E-state index contributed by atoms with van der Waals surface area (Å²) in [6.45, 7) is -0.227. The van der Waals surface area contributed by atoms with Crippen molar-refractivity contribution in [3.05, 3.63) is 63.1 Å². The number of nitrogens with zero attached hydrogens (tertiary/aromatic N) is 2. The van der Waals surface area contributed by atoms with E-state index in [4.69, 9.17) is 5.73 Å². The van der Waals surface area contributed by atoms with E-state index >= 15 is 0 Å². The summed E-state index contributed by atoms with van der Waals surface area (Å²) in [5, 5.41) is 11.3. The van der Waals surface area contributed by atoms with Gasteiger partial charge in [0.15, 0.2) is 4.90 Å². The Morgan fingerprint density at radius 1 is 1.20 bits per heavy atom. The Morgan fingerprint density at radius 2 is 1.84 bits per heavy atom. The molecule has 132 valence electrons. The fraction of sp³-hybridized carbons (Fsp3) is 0.133. The van der Waals surface area contributed by atoms with Gasteiger partial charge in [0, 0.05) is 23.5 Å². The largest absolute Gasteiger partial charge is 0.370 e. The van der Waals surface area contributed by atoms with Gasteiger partial charge in [-0.2, -0.15) is 0 Å². The molecule has 0 heterocycles. The van der Waals surface area contributed by atoms with Gasteiger partial charge in [-0.05, 0) is 24.3 Å². The molecule has 0 radical (unpaired) electrons. The number of carbonyl (C=O) groups is 1. The summed E-state index contributed by atoms with van der Waals surface area (Å²) >= 11 is 3.09. The third-order valence-electron chi connectivity index (χ3n) is 3.29. The van der Waals surface area contributed by atoms with E-state index in [1.54, 1.807) is 18.2 Å². The number of hydrogen-bond acceptors (Lipinski definition) is 5. The molecule has 0 atom stereocenters. The summed E-state index contributed by atoms with van der Waals surface area (Å²) in [5.74, 6) is -0.679. The number of sulfonamides is 1. The number of anilines is 1. The molecule has 0 aliphatic rings. The molecule has 2 aromatic rings. The molecular weight excluding hydrogens is 414 g/mol. The monoisotopic (exact) mass is 427 g/mol. The third kappa shape index (κ3) is 4.34. The molecule has 10 heteroatoms. The van der Waals surface area contributed by atoms with E-state index in [0.717, 1.165) is 16.4 Å². The molecule has 2 rings (SSSR count). The summed E-state index contributed by atoms with van der Waals surface area (Å²) < 4.78 is 27.4. The van der Waals surface area contributed by atoms with Crippen molar-refractivity contribution in [2.45, 2.75) is 11.3 Å². The minimum absolute atomic E-state index is 0.224. The highest BCUT2D eigenvalue weighted by atomic mass is 79.9. The molecule has 0 saturated carbocycles. The predicted octanol–water partition coefficient (Wildman–Crippen LogP) is 2.43. The highest BCUT2D eigenvalue weighted by molar-refractivity contribution is 9.10. The zero-order valence-electron chi connectivity index (χ0n) is 12.8. The van der Waals surface area contributed by atoms with Gasteiger partial charge in [-0.1, -0.05) is 34.1 Å². The minimum atomic E-state index is -4.28. The number of benzene rings is 2. The molecule has 0 saturated heterocycles. The van der Waals surface area contributed by atoms with E-state index in [1.165, 1.54) is 18.2 Å². The molecule has 8 nitrogen and oxygen atoms in total. The van der Waals surface area contributed by atoms with Crippen LogP contribution in [0, 0.1) is 10.1 Å². The zero-order chi connectivity index (χ0) is 18.6. The average molecular weight is 428 g/mol. The van der Waals surface area contributed by atoms with Crippen molar-refractivity contribution in [2.24, 2.45) is 5.73 Å². The lowest BCUT2D eigenvalue weighted by Gasteiger charge is -2.24. The molecule has 1 amide bonds. The number of amides is 1. The van der Waals surface area contributed by atoms with Crippen LogP contribution in [0.3, 0.4) is 0 Å². The van der Waals surface area contributed by atoms with E-state index in [-0.39, 0.29) is 18.7 Å². The number of nitro benzene ring substituents is 1. The van der Waals surface area contributed by atoms with Gasteiger partial charge >= 0.3 is 0 Å². The first kappa shape index (κ1) is 18.9. The van der Waals surface area contributed by atoms with Crippen molar-refractivity contribution in [2.75, 3.05) is 10.8 Å². The molecular formula is C15H14BrN3O5S. The fourth-order valence-electron chi connectivity index (χ4n) is 2.16. The number of rotatable bonds is 7. The van der Waals surface area contributed by atoms with Gasteiger partial charge in [0.1, 0.15) is 0 Å². The Morgan fingerprint density at radius 3 is 2.40 bits per heavy atom. The molecule has 0 unspecified atom stereocenters. The standard InChI is InChI=1S/C15H14BrN3O5S/c16-11-6-7-14(13(10-11)19(21)22)25(23,24)18(9-8-15(17)20)12-4-2-1-3-5-12/h1-7,10H,8-9H2,(H2,17,20). The lowest BCUT2D eigenvalue weighted by atomic mass is 10.3. The number of carbonyl (C=O) groups excluding carboxylic acids is 1. The van der Waals surface area contributed by atoms with Crippen LogP contribution >= 0.6 is 15.9 Å². The Hall–Kier alpha value is -2.46. The highest BCUT2D eigenvalue weighted by Gasteiger charge is 2.32. The summed E-state index contributed by atoms with van der Waals surface area (Å²) in [4.78, 5) is 21.1. The summed E-state index contributed by atoms with van der Waals surface area (Å²) in [6.07, 6.45) is -0.224. The van der Waals surface area contributed by atoms with E-state index in [0.29, 0.717) is 4.47 Å². The molecule has 2 aromatic carbocycles. The van der Waals surface area contributed by atoms with Crippen LogP contribution in [0.5, 0.6) is 0 Å². The number of primary amides is 1. The molecule has 2 N–H and O–H groups in total. The molecule has 25 heavy (non-hydrogen) atoms. The van der Waals surface area contributed by atoms with Crippen LogP contribution in [-0.4, -0.2) is 25.8 Å². The highest BCUT2D eigenvalue weighted by Crippen LogP contribution is 2.32. The number of halogens is 1. The van der Waals surface area contributed by atoms with Gasteiger partial charge in [0.2, 0.25) is 5.91 Å². The van der Waals surface area contributed by atoms with Crippen molar-refractivity contribution >= 4 is 43.2 Å². The minimum Gasteiger partial charge on any atom is -0.370 e. The zero-order valence-corrected chi connectivity index (χ0v) is 15.2. The van der Waals surface area contributed by atoms with Crippen LogP contribution in [0.15, 0.2) is 57.9 Å². The van der Waals surface area contributed by atoms with E-state index in [9.17, 15) is 23.3 Å². The van der Waals surface area contributed by atoms with Crippen molar-refractivity contribution in [3.8, 4) is 0 Å². The SMILES string of the molecule is NC(=O)CCN(c1ccccc1)S(=O)(=O)c1ccc(Br)cc1[N+](=O)[O-]. The molecule has 0 bridgehead atoms. The second kappa shape index (κ2) is 7.62. The smallest absolute Gasteiger partial charge is 0.291 e. The summed E-state index contributed by atoms with van der Waals surface area (Å²) in [7, 11) is -4.28. The Balaban J connectivity index is 2.59. The topological polar surface area (TPSA) is 124 Å². The molecule has 0 aliphatic carbocycles. The summed E-state index contributed by atoms with van der Waals surface area (Å²) in [5.41, 5.74) is 4.84. The maximum atomic E-state index is 13.0. The van der Waals surface area contributed by atoms with Crippen molar-refractivity contribution in [1.82, 2.24) is 0 Å². The number of para-hydroxylation sites is 1. The van der Waals surface area contributed by atoms with Crippen LogP contribution in [0.2, 0.25) is 0 Å². The first-order valence-corrected chi connectivity index (χ1v) is 9.27. The van der Waals surface area contributed by atoms with Gasteiger partial charge in [-0.25, -0.2) is 8.42 Å². The van der Waals surface area contributed by atoms with Crippen LogP contribution in [0.25, 0.3) is 0 Å². The molecule has 0 aliphatic heterocycles. The molecule has 0 fully saturated rings. The normalized spacial score (nSPS) is 11.1. The van der Waals surface area contributed by atoms with Gasteiger partial charge in [-0.15, -0.1) is 0 Å². The Labute approximate surface area is 152 Å². The Bertz CT molecular complexity index is 903. The lowest BCUT2D eigenvalue weighted by molar-refractivity contribution is -0.387. The predicted molar refractivity (Wildman–Crippen MR) is 95.6 cm³/mol. The number of nitro groups is 1. The van der Waals surface area contributed by atoms with E-state index in [1.807, 2.05) is 0 Å². The molecule has 0 spiro atoms. The van der Waals surface area contributed by atoms with Crippen LogP contribution < -0.4 is 10.0 Å². The lowest BCUT2D eigenvalue weighted by Crippen LogP contribution is -2.34. The number of nitrogens with two attached hydrogens (primary N) is 1. The van der Waals surface area contributed by atoms with Gasteiger partial charge in [0.05, 0.1) is 10.6 Å². The first-order chi connectivity index (χ1) is 11.7.